The first kappa shape index (κ1) is 38.8. The Labute approximate surface area is 317 Å². The summed E-state index contributed by atoms with van der Waals surface area (Å²) in [7, 11) is 1.59. The van der Waals surface area contributed by atoms with Crippen LogP contribution in [0.2, 0.25) is 0 Å². The van der Waals surface area contributed by atoms with Gasteiger partial charge in [0.05, 0.1) is 19.8 Å². The average Bonchev–Trinajstić information content (AvgIpc) is 3.63. The number of rotatable bonds is 5. The molecule has 4 heterocycles. The van der Waals surface area contributed by atoms with Crippen LogP contribution in [-0.4, -0.2) is 77.8 Å². The summed E-state index contributed by atoms with van der Waals surface area (Å²) in [6.45, 7) is 9.44. The lowest BCUT2D eigenvalue weighted by molar-refractivity contribution is -0.131. The van der Waals surface area contributed by atoms with Crippen LogP contribution in [0.3, 0.4) is 0 Å². The topological polar surface area (TPSA) is 169 Å². The number of carboxylic acid groups (broad SMARTS) is 1. The molecule has 1 fully saturated rings. The van der Waals surface area contributed by atoms with Gasteiger partial charge in [-0.1, -0.05) is 25.1 Å². The van der Waals surface area contributed by atoms with Gasteiger partial charge in [0.2, 0.25) is 5.91 Å². The molecule has 14 nitrogen and oxygen atoms in total. The summed E-state index contributed by atoms with van der Waals surface area (Å²) >= 11 is 0. The number of benzene rings is 3. The number of ether oxygens (including phenoxy) is 4. The fourth-order valence-electron chi connectivity index (χ4n) is 6.62. The van der Waals surface area contributed by atoms with Crippen molar-refractivity contribution in [3.63, 3.8) is 0 Å². The van der Waals surface area contributed by atoms with Crippen LogP contribution < -0.4 is 20.3 Å². The van der Waals surface area contributed by atoms with Crippen molar-refractivity contribution in [2.24, 2.45) is 0 Å². The fraction of sp³-hybridized carbons (Fsp3) is 0.375. The minimum Gasteiger partial charge on any atom is -0.484 e. The third kappa shape index (κ3) is 8.89. The maximum Gasteiger partial charge on any atom is 0.425 e. The van der Waals surface area contributed by atoms with Crippen molar-refractivity contribution in [3.05, 3.63) is 88.9 Å². The van der Waals surface area contributed by atoms with E-state index in [2.05, 4.69) is 15.6 Å². The van der Waals surface area contributed by atoms with E-state index in [4.69, 9.17) is 18.9 Å². The molecule has 3 aromatic carbocycles. The lowest BCUT2D eigenvalue weighted by Gasteiger charge is -2.28. The molecule has 4 amide bonds. The molecule has 0 saturated carbocycles. The molecule has 15 heteroatoms. The van der Waals surface area contributed by atoms with Gasteiger partial charge < -0.3 is 34.3 Å². The van der Waals surface area contributed by atoms with E-state index in [9.17, 15) is 24.3 Å². The Morgan fingerprint density at radius 1 is 1.09 bits per heavy atom. The van der Waals surface area contributed by atoms with Crippen molar-refractivity contribution >= 4 is 52.2 Å². The first-order valence-electron chi connectivity index (χ1n) is 17.9. The zero-order valence-electron chi connectivity index (χ0n) is 31.5. The number of hydrogen-bond acceptors (Lipinski definition) is 10. The second kappa shape index (κ2) is 15.8. The van der Waals surface area contributed by atoms with E-state index >= 15 is 4.39 Å². The highest BCUT2D eigenvalue weighted by molar-refractivity contribution is 6.13. The molecule has 290 valence electrons. The van der Waals surface area contributed by atoms with E-state index in [0.717, 1.165) is 17.2 Å². The van der Waals surface area contributed by atoms with Gasteiger partial charge in [-0.3, -0.25) is 10.1 Å². The minimum absolute atomic E-state index is 0.0470. The van der Waals surface area contributed by atoms with Gasteiger partial charge in [0.1, 0.15) is 17.7 Å². The number of halogens is 1. The predicted octanol–water partition coefficient (Wildman–Crippen LogP) is 7.75. The summed E-state index contributed by atoms with van der Waals surface area (Å²) in [6.07, 6.45) is -1.84. The SMILES string of the molecule is Cc1cc2ccc1[C@@H](C)COC(=O)Nc1cc(F)c(O[C@H]3CCOC3)c(c1)CN(C)C(=O)C2Nc1ccc2c(N(C(=O)O)C(=O)OC(C)(C)C)nccc2c1. The van der Waals surface area contributed by atoms with Crippen molar-refractivity contribution in [1.29, 1.82) is 0 Å². The molecular formula is C40H44FN5O9. The third-order valence-corrected chi connectivity index (χ3v) is 9.23. The summed E-state index contributed by atoms with van der Waals surface area (Å²) in [4.78, 5) is 58.7. The number of pyridine rings is 1. The monoisotopic (exact) mass is 757 g/mol. The van der Waals surface area contributed by atoms with E-state index in [1.807, 2.05) is 32.0 Å². The highest BCUT2D eigenvalue weighted by Gasteiger charge is 2.32. The number of imide groups is 1. The Morgan fingerprint density at radius 3 is 2.56 bits per heavy atom. The number of carbonyl (C=O) groups is 4. The number of carbonyl (C=O) groups excluding carboxylic acids is 3. The number of aryl methyl sites for hydroxylation is 1. The smallest absolute Gasteiger partial charge is 0.425 e. The Hall–Kier alpha value is -5.96. The summed E-state index contributed by atoms with van der Waals surface area (Å²) in [5, 5.41) is 16.8. The lowest BCUT2D eigenvalue weighted by atomic mass is 9.93. The molecule has 1 unspecified atom stereocenters. The van der Waals surface area contributed by atoms with Crippen molar-refractivity contribution in [3.8, 4) is 5.75 Å². The van der Waals surface area contributed by atoms with Gasteiger partial charge in [0, 0.05) is 60.5 Å². The standard InChI is InChI=1S/C40H44FN5O9/c1-22-15-25-7-9-30(22)23(2)20-53-37(48)44-28-17-26(34(32(41)18-28)54-29-12-14-52-21-29)19-45(6)36(47)33(25)43-27-8-10-31-24(16-27)11-13-42-35(31)46(38(49)50)39(51)55-40(3,4)5/h7-11,13,15-18,23,29,33,43H,12,14,19-21H2,1-6H3,(H,44,48)(H,49,50)/t23-,29-,33?/m0/s1. The molecule has 0 aliphatic carbocycles. The largest absolute Gasteiger partial charge is 0.484 e. The highest BCUT2D eigenvalue weighted by atomic mass is 19.1. The summed E-state index contributed by atoms with van der Waals surface area (Å²) in [6, 6.07) is 14.0. The zero-order chi connectivity index (χ0) is 39.6. The molecule has 1 aromatic heterocycles. The number of anilines is 3. The van der Waals surface area contributed by atoms with Crippen molar-refractivity contribution in [2.75, 3.05) is 42.4 Å². The lowest BCUT2D eigenvalue weighted by Crippen LogP contribution is -2.40. The van der Waals surface area contributed by atoms with Gasteiger partial charge in [-0.2, -0.15) is 4.90 Å². The number of fused-ring (bicyclic) bond motifs is 10. The van der Waals surface area contributed by atoms with Gasteiger partial charge in [-0.15, -0.1) is 0 Å². The number of amides is 4. The first-order chi connectivity index (χ1) is 26.1. The van der Waals surface area contributed by atoms with Gasteiger partial charge in [0.25, 0.3) is 0 Å². The van der Waals surface area contributed by atoms with E-state index in [1.54, 1.807) is 58.2 Å². The van der Waals surface area contributed by atoms with Gasteiger partial charge in [0.15, 0.2) is 17.4 Å². The number of nitrogens with zero attached hydrogens (tertiary/aromatic N) is 3. The first-order valence-corrected chi connectivity index (χ1v) is 17.9. The van der Waals surface area contributed by atoms with Crippen LogP contribution >= 0.6 is 0 Å². The van der Waals surface area contributed by atoms with Crippen LogP contribution in [0.1, 0.15) is 68.3 Å². The maximum absolute atomic E-state index is 15.7. The normalized spacial score (nSPS) is 19.1. The van der Waals surface area contributed by atoms with Crippen LogP contribution in [0.4, 0.5) is 36.0 Å². The Balaban J connectivity index is 1.39. The molecular weight excluding hydrogens is 713 g/mol. The average molecular weight is 758 g/mol. The molecule has 0 spiro atoms. The van der Waals surface area contributed by atoms with Gasteiger partial charge in [-0.05, 0) is 80.1 Å². The molecule has 1 saturated heterocycles. The quantitative estimate of drug-likeness (QED) is 0.182. The molecule has 3 atom stereocenters. The van der Waals surface area contributed by atoms with Crippen LogP contribution in [0.25, 0.3) is 10.8 Å². The van der Waals surface area contributed by atoms with Crippen molar-refractivity contribution in [2.45, 2.75) is 71.2 Å². The summed E-state index contributed by atoms with van der Waals surface area (Å²) in [5.74, 6) is -1.47. The molecule has 3 aliphatic heterocycles. The number of nitrogens with one attached hydrogen (secondary N) is 2. The van der Waals surface area contributed by atoms with E-state index in [1.165, 1.54) is 11.1 Å². The molecule has 4 aromatic rings. The molecule has 7 rings (SSSR count). The van der Waals surface area contributed by atoms with Crippen LogP contribution in [0, 0.1) is 12.7 Å². The zero-order valence-corrected chi connectivity index (χ0v) is 31.5. The maximum atomic E-state index is 15.7. The van der Waals surface area contributed by atoms with Crippen molar-refractivity contribution < 1.29 is 47.6 Å². The predicted molar refractivity (Wildman–Crippen MR) is 202 cm³/mol. The molecule has 3 N–H and O–H groups in total. The van der Waals surface area contributed by atoms with E-state index in [-0.39, 0.29) is 54.9 Å². The van der Waals surface area contributed by atoms with Crippen LogP contribution in [0.5, 0.6) is 5.75 Å². The summed E-state index contributed by atoms with van der Waals surface area (Å²) in [5.41, 5.74) is 2.43. The molecule has 0 radical (unpaired) electrons. The summed E-state index contributed by atoms with van der Waals surface area (Å²) < 4.78 is 38.1. The van der Waals surface area contributed by atoms with Crippen LogP contribution in [0.15, 0.2) is 60.8 Å². The van der Waals surface area contributed by atoms with Crippen molar-refractivity contribution in [1.82, 2.24) is 9.88 Å². The third-order valence-electron chi connectivity index (χ3n) is 9.23. The molecule has 3 aliphatic rings. The minimum atomic E-state index is -1.56. The number of aromatic nitrogens is 1. The number of likely N-dealkylation sites (N-methyl/N-ethyl adjacent to an activating group) is 1. The Kier molecular flexibility index (Phi) is 11.1. The Bertz CT molecular complexity index is 2130. The second-order valence-corrected chi connectivity index (χ2v) is 14.7. The van der Waals surface area contributed by atoms with Gasteiger partial charge in [-0.25, -0.2) is 23.8 Å². The number of hydrogen-bond donors (Lipinski definition) is 3. The molecule has 4 bridgehead atoms. The fourth-order valence-corrected chi connectivity index (χ4v) is 6.62. The van der Waals surface area contributed by atoms with Crippen LogP contribution in [-0.2, 0) is 25.5 Å². The van der Waals surface area contributed by atoms with Gasteiger partial charge >= 0.3 is 18.3 Å². The second-order valence-electron chi connectivity index (χ2n) is 14.7. The Morgan fingerprint density at radius 2 is 1.87 bits per heavy atom. The highest BCUT2D eigenvalue weighted by Crippen LogP contribution is 2.34. The van der Waals surface area contributed by atoms with E-state index < -0.39 is 35.7 Å². The molecule has 55 heavy (non-hydrogen) atoms. The van der Waals surface area contributed by atoms with E-state index in [0.29, 0.717) is 45.5 Å².